The number of nitrogens with two attached hydrogens (primary N) is 1. The number of fused-ring (bicyclic) bond motifs is 1. The number of aromatic nitrogens is 3. The Hall–Kier alpha value is -1.10. The van der Waals surface area contributed by atoms with Crippen molar-refractivity contribution in [1.82, 2.24) is 14.6 Å². The Morgan fingerprint density at radius 2 is 2.27 bits per heavy atom. The van der Waals surface area contributed by atoms with Gasteiger partial charge in [0.2, 0.25) is 0 Å². The molecule has 56 valence electrons. The minimum atomic E-state index is 0.483. The molecule has 0 spiro atoms. The van der Waals surface area contributed by atoms with Gasteiger partial charge in [-0.1, -0.05) is 0 Å². The van der Waals surface area contributed by atoms with Crippen molar-refractivity contribution in [2.45, 2.75) is 0 Å². The van der Waals surface area contributed by atoms with Crippen LogP contribution in [0.4, 0.5) is 5.82 Å². The molecule has 5 heteroatoms. The van der Waals surface area contributed by atoms with E-state index in [0.29, 0.717) is 5.82 Å². The summed E-state index contributed by atoms with van der Waals surface area (Å²) in [6.07, 6.45) is 1.68. The number of hydrogen-bond acceptors (Lipinski definition) is 3. The Bertz CT molecular complexity index is 394. The smallest absolute Gasteiger partial charge is 0.154 e. The fourth-order valence-electron chi connectivity index (χ4n) is 0.860. The molecule has 0 atom stereocenters. The zero-order chi connectivity index (χ0) is 7.84. The van der Waals surface area contributed by atoms with Crippen molar-refractivity contribution in [3.8, 4) is 0 Å². The van der Waals surface area contributed by atoms with Gasteiger partial charge < -0.3 is 5.73 Å². The van der Waals surface area contributed by atoms with E-state index in [4.69, 9.17) is 5.73 Å². The minimum Gasteiger partial charge on any atom is -0.382 e. The van der Waals surface area contributed by atoms with Crippen molar-refractivity contribution in [3.63, 3.8) is 0 Å². The quantitative estimate of drug-likeness (QED) is 0.712. The normalized spacial score (nSPS) is 10.6. The molecule has 2 aromatic heterocycles. The Kier molecular flexibility index (Phi) is 1.32. The van der Waals surface area contributed by atoms with Gasteiger partial charge in [-0.2, -0.15) is 0 Å². The highest BCUT2D eigenvalue weighted by atomic mass is 79.9. The average molecular weight is 213 g/mol. The Balaban J connectivity index is 2.87. The first-order valence-electron chi connectivity index (χ1n) is 3.03. The summed E-state index contributed by atoms with van der Waals surface area (Å²) in [5.41, 5.74) is 6.25. The molecule has 2 N–H and O–H groups in total. The van der Waals surface area contributed by atoms with Gasteiger partial charge in [-0.05, 0) is 28.1 Å². The standard InChI is InChI=1S/C6H5BrN4/c7-4-3-9-6-2-1-5(8)10-11(4)6/h1-3H,(H2,8,10). The summed E-state index contributed by atoms with van der Waals surface area (Å²) in [6, 6.07) is 3.53. The zero-order valence-corrected chi connectivity index (χ0v) is 7.12. The molecule has 0 aliphatic carbocycles. The van der Waals surface area contributed by atoms with E-state index in [-0.39, 0.29) is 0 Å². The highest BCUT2D eigenvalue weighted by molar-refractivity contribution is 9.10. The summed E-state index contributed by atoms with van der Waals surface area (Å²) in [7, 11) is 0. The lowest BCUT2D eigenvalue weighted by Crippen LogP contribution is -1.96. The molecule has 0 saturated heterocycles. The van der Waals surface area contributed by atoms with Gasteiger partial charge in [0.1, 0.15) is 10.4 Å². The average Bonchev–Trinajstić information content (AvgIpc) is 2.33. The van der Waals surface area contributed by atoms with Crippen LogP contribution >= 0.6 is 15.9 Å². The number of nitrogens with zero attached hydrogens (tertiary/aromatic N) is 3. The van der Waals surface area contributed by atoms with Crippen molar-refractivity contribution < 1.29 is 0 Å². The van der Waals surface area contributed by atoms with E-state index in [2.05, 4.69) is 26.0 Å². The predicted molar refractivity (Wildman–Crippen MR) is 45.1 cm³/mol. The molecule has 0 aliphatic heterocycles. The second-order valence-electron chi connectivity index (χ2n) is 2.11. The first-order valence-corrected chi connectivity index (χ1v) is 3.82. The molecule has 0 radical (unpaired) electrons. The van der Waals surface area contributed by atoms with E-state index in [1.54, 1.807) is 16.8 Å². The van der Waals surface area contributed by atoms with Crippen LogP contribution in [0, 0.1) is 0 Å². The van der Waals surface area contributed by atoms with E-state index in [1.807, 2.05) is 6.07 Å². The third-order valence-corrected chi connectivity index (χ3v) is 1.88. The van der Waals surface area contributed by atoms with Gasteiger partial charge in [-0.25, -0.2) is 9.50 Å². The van der Waals surface area contributed by atoms with Gasteiger partial charge in [0, 0.05) is 0 Å². The van der Waals surface area contributed by atoms with Crippen molar-refractivity contribution >= 4 is 27.4 Å². The molecule has 0 bridgehead atoms. The van der Waals surface area contributed by atoms with Crippen LogP contribution < -0.4 is 5.73 Å². The molecule has 0 saturated carbocycles. The van der Waals surface area contributed by atoms with Gasteiger partial charge >= 0.3 is 0 Å². The Morgan fingerprint density at radius 1 is 1.45 bits per heavy atom. The molecule has 0 fully saturated rings. The third-order valence-electron chi connectivity index (χ3n) is 1.34. The van der Waals surface area contributed by atoms with Gasteiger partial charge in [-0.3, -0.25) is 0 Å². The number of imidazole rings is 1. The first kappa shape index (κ1) is 6.60. The SMILES string of the molecule is Nc1ccc2ncc(Br)n2n1. The molecule has 2 rings (SSSR count). The molecule has 0 aliphatic rings. The zero-order valence-electron chi connectivity index (χ0n) is 5.53. The second kappa shape index (κ2) is 2.20. The van der Waals surface area contributed by atoms with Crippen molar-refractivity contribution in [3.05, 3.63) is 22.9 Å². The molecule has 2 heterocycles. The lowest BCUT2D eigenvalue weighted by Gasteiger charge is -1.94. The van der Waals surface area contributed by atoms with Crippen LogP contribution in [0.3, 0.4) is 0 Å². The largest absolute Gasteiger partial charge is 0.382 e. The summed E-state index contributed by atoms with van der Waals surface area (Å²) in [4.78, 5) is 4.06. The molecule has 0 aromatic carbocycles. The second-order valence-corrected chi connectivity index (χ2v) is 2.92. The van der Waals surface area contributed by atoms with Gasteiger partial charge in [0.05, 0.1) is 6.20 Å². The highest BCUT2D eigenvalue weighted by Gasteiger charge is 1.99. The lowest BCUT2D eigenvalue weighted by atomic mass is 10.5. The molecule has 11 heavy (non-hydrogen) atoms. The molecular weight excluding hydrogens is 208 g/mol. The summed E-state index contributed by atoms with van der Waals surface area (Å²) >= 11 is 3.28. The number of rotatable bonds is 0. The number of halogens is 1. The lowest BCUT2D eigenvalue weighted by molar-refractivity contribution is 0.925. The van der Waals surface area contributed by atoms with Crippen LogP contribution in [-0.2, 0) is 0 Å². The number of hydrogen-bond donors (Lipinski definition) is 1. The van der Waals surface area contributed by atoms with Gasteiger partial charge in [0.15, 0.2) is 5.65 Å². The molecule has 2 aromatic rings. The van der Waals surface area contributed by atoms with Crippen molar-refractivity contribution in [2.24, 2.45) is 0 Å². The third kappa shape index (κ3) is 0.970. The van der Waals surface area contributed by atoms with Crippen LogP contribution in [0.5, 0.6) is 0 Å². The van der Waals surface area contributed by atoms with Crippen LogP contribution in [0.25, 0.3) is 5.65 Å². The van der Waals surface area contributed by atoms with E-state index < -0.39 is 0 Å². The van der Waals surface area contributed by atoms with E-state index in [0.717, 1.165) is 10.3 Å². The van der Waals surface area contributed by atoms with E-state index in [1.165, 1.54) is 0 Å². The maximum atomic E-state index is 5.47. The predicted octanol–water partition coefficient (Wildman–Crippen LogP) is 1.07. The van der Waals surface area contributed by atoms with Gasteiger partial charge in [0.25, 0.3) is 0 Å². The van der Waals surface area contributed by atoms with Crippen LogP contribution in [0.15, 0.2) is 22.9 Å². The number of anilines is 1. The van der Waals surface area contributed by atoms with Gasteiger partial charge in [-0.15, -0.1) is 5.10 Å². The minimum absolute atomic E-state index is 0.483. The Morgan fingerprint density at radius 3 is 3.09 bits per heavy atom. The monoisotopic (exact) mass is 212 g/mol. The summed E-state index contributed by atoms with van der Waals surface area (Å²) < 4.78 is 2.44. The van der Waals surface area contributed by atoms with Crippen LogP contribution in [-0.4, -0.2) is 14.6 Å². The molecular formula is C6H5BrN4. The maximum Gasteiger partial charge on any atom is 0.154 e. The maximum absolute atomic E-state index is 5.47. The van der Waals surface area contributed by atoms with Crippen LogP contribution in [0.1, 0.15) is 0 Å². The highest BCUT2D eigenvalue weighted by Crippen LogP contribution is 2.11. The summed E-state index contributed by atoms with van der Waals surface area (Å²) in [6.45, 7) is 0. The Labute approximate surface area is 71.2 Å². The van der Waals surface area contributed by atoms with Crippen LogP contribution in [0.2, 0.25) is 0 Å². The molecule has 4 nitrogen and oxygen atoms in total. The van der Waals surface area contributed by atoms with Crippen molar-refractivity contribution in [1.29, 1.82) is 0 Å². The van der Waals surface area contributed by atoms with Crippen molar-refractivity contribution in [2.75, 3.05) is 5.73 Å². The summed E-state index contributed by atoms with van der Waals surface area (Å²) in [5.74, 6) is 0.483. The fourth-order valence-corrected chi connectivity index (χ4v) is 1.22. The topological polar surface area (TPSA) is 56.2 Å². The van der Waals surface area contributed by atoms with E-state index >= 15 is 0 Å². The molecule has 0 amide bonds. The van der Waals surface area contributed by atoms with E-state index in [9.17, 15) is 0 Å². The molecule has 0 unspecified atom stereocenters. The summed E-state index contributed by atoms with van der Waals surface area (Å²) in [5, 5.41) is 4.02. The fraction of sp³-hybridized carbons (Fsp3) is 0. The first-order chi connectivity index (χ1) is 5.27. The number of nitrogen functional groups attached to an aromatic ring is 1.